The average molecular weight is 502 g/mol. The van der Waals surface area contributed by atoms with Gasteiger partial charge in [-0.15, -0.1) is 24.0 Å². The number of nitrogens with zero attached hydrogens (tertiary/aromatic N) is 3. The van der Waals surface area contributed by atoms with E-state index >= 15 is 0 Å². The zero-order chi connectivity index (χ0) is 19.5. The molecule has 2 rings (SSSR count). The fourth-order valence-electron chi connectivity index (χ4n) is 3.32. The molecule has 0 amide bonds. The minimum atomic E-state index is -0.0527. The Labute approximate surface area is 186 Å². The van der Waals surface area contributed by atoms with Crippen molar-refractivity contribution < 1.29 is 9.53 Å². The van der Waals surface area contributed by atoms with Gasteiger partial charge in [0, 0.05) is 45.5 Å². The molecule has 1 N–H and O–H groups in total. The number of aliphatic imine (C=N–C) groups is 1. The number of carbonyl (C=O) groups is 1. The van der Waals surface area contributed by atoms with Crippen molar-refractivity contribution in [3.8, 4) is 0 Å². The van der Waals surface area contributed by atoms with Crippen molar-refractivity contribution in [2.75, 3.05) is 51.3 Å². The standard InChI is InChI=1S/C21H34N4O2.HI/c1-4-22-21(25-16-12-18(13-17-25)20(26)27-5-2)23-14-9-15-24(3)19-10-7-6-8-11-19;/h6-8,10-11,18H,4-5,9,12-17H2,1-3H3,(H,22,23);1H. The van der Waals surface area contributed by atoms with E-state index < -0.39 is 0 Å². The molecule has 28 heavy (non-hydrogen) atoms. The second kappa shape index (κ2) is 13.6. The zero-order valence-electron chi connectivity index (χ0n) is 17.4. The summed E-state index contributed by atoms with van der Waals surface area (Å²) >= 11 is 0. The summed E-state index contributed by atoms with van der Waals surface area (Å²) in [5, 5.41) is 3.39. The number of esters is 1. The molecule has 0 aromatic heterocycles. The Bertz CT molecular complexity index is 589. The summed E-state index contributed by atoms with van der Waals surface area (Å²) in [6, 6.07) is 10.4. The molecule has 0 radical (unpaired) electrons. The molecule has 158 valence electrons. The van der Waals surface area contributed by atoms with Crippen LogP contribution in [0.1, 0.15) is 33.1 Å². The van der Waals surface area contributed by atoms with Crippen molar-refractivity contribution in [2.45, 2.75) is 33.1 Å². The maximum Gasteiger partial charge on any atom is 0.309 e. The number of carbonyl (C=O) groups excluding carboxylic acids is 1. The number of benzene rings is 1. The summed E-state index contributed by atoms with van der Waals surface area (Å²) < 4.78 is 5.15. The lowest BCUT2D eigenvalue weighted by Gasteiger charge is -2.33. The van der Waals surface area contributed by atoms with E-state index in [1.807, 2.05) is 13.0 Å². The van der Waals surface area contributed by atoms with Crippen molar-refractivity contribution >= 4 is 41.6 Å². The Hall–Kier alpha value is -1.51. The van der Waals surface area contributed by atoms with E-state index in [4.69, 9.17) is 9.73 Å². The summed E-state index contributed by atoms with van der Waals surface area (Å²) in [6.45, 7) is 8.71. The second-order valence-electron chi connectivity index (χ2n) is 6.86. The van der Waals surface area contributed by atoms with Gasteiger partial charge in [-0.25, -0.2) is 0 Å². The number of hydrogen-bond donors (Lipinski definition) is 1. The van der Waals surface area contributed by atoms with Crippen LogP contribution in [0.5, 0.6) is 0 Å². The highest BCUT2D eigenvalue weighted by Gasteiger charge is 2.27. The number of piperidine rings is 1. The quantitative estimate of drug-likeness (QED) is 0.194. The molecule has 1 heterocycles. The van der Waals surface area contributed by atoms with Crippen LogP contribution in [0.2, 0.25) is 0 Å². The molecule has 1 saturated heterocycles. The van der Waals surface area contributed by atoms with Crippen molar-refractivity contribution in [2.24, 2.45) is 10.9 Å². The van der Waals surface area contributed by atoms with E-state index in [1.54, 1.807) is 0 Å². The first-order valence-electron chi connectivity index (χ1n) is 10.1. The van der Waals surface area contributed by atoms with Crippen LogP contribution in [0.4, 0.5) is 5.69 Å². The first kappa shape index (κ1) is 24.5. The lowest BCUT2D eigenvalue weighted by atomic mass is 9.97. The van der Waals surface area contributed by atoms with Gasteiger partial charge in [-0.3, -0.25) is 9.79 Å². The number of ether oxygens (including phenoxy) is 1. The molecule has 0 saturated carbocycles. The van der Waals surface area contributed by atoms with Gasteiger partial charge in [0.15, 0.2) is 5.96 Å². The molecular formula is C21H35IN4O2. The summed E-state index contributed by atoms with van der Waals surface area (Å²) in [7, 11) is 2.12. The molecule has 0 unspecified atom stereocenters. The molecule has 7 heteroatoms. The van der Waals surface area contributed by atoms with Crippen LogP contribution < -0.4 is 10.2 Å². The van der Waals surface area contributed by atoms with Gasteiger partial charge >= 0.3 is 5.97 Å². The maximum absolute atomic E-state index is 11.9. The van der Waals surface area contributed by atoms with Gasteiger partial charge in [0.25, 0.3) is 0 Å². The lowest BCUT2D eigenvalue weighted by molar-refractivity contribution is -0.149. The van der Waals surface area contributed by atoms with Crippen LogP contribution in [0.15, 0.2) is 35.3 Å². The van der Waals surface area contributed by atoms with Gasteiger partial charge < -0.3 is 19.9 Å². The molecule has 0 aliphatic carbocycles. The third-order valence-corrected chi connectivity index (χ3v) is 4.86. The number of guanidine groups is 1. The molecular weight excluding hydrogens is 467 g/mol. The minimum absolute atomic E-state index is 0. The number of hydrogen-bond acceptors (Lipinski definition) is 4. The van der Waals surface area contributed by atoms with Gasteiger partial charge in [-0.2, -0.15) is 0 Å². The number of para-hydroxylation sites is 1. The number of likely N-dealkylation sites (tertiary alicyclic amines) is 1. The van der Waals surface area contributed by atoms with E-state index in [9.17, 15) is 4.79 Å². The summed E-state index contributed by atoms with van der Waals surface area (Å²) in [5.74, 6) is 0.939. The molecule has 1 aliphatic heterocycles. The monoisotopic (exact) mass is 502 g/mol. The van der Waals surface area contributed by atoms with Crippen LogP contribution >= 0.6 is 24.0 Å². The Morgan fingerprint density at radius 1 is 1.25 bits per heavy atom. The fraction of sp³-hybridized carbons (Fsp3) is 0.619. The smallest absolute Gasteiger partial charge is 0.309 e. The van der Waals surface area contributed by atoms with Crippen LogP contribution in [-0.2, 0) is 9.53 Å². The van der Waals surface area contributed by atoms with E-state index in [-0.39, 0.29) is 35.9 Å². The van der Waals surface area contributed by atoms with Crippen molar-refractivity contribution in [3.63, 3.8) is 0 Å². The van der Waals surface area contributed by atoms with Crippen LogP contribution in [0, 0.1) is 5.92 Å². The van der Waals surface area contributed by atoms with Crippen molar-refractivity contribution in [3.05, 3.63) is 30.3 Å². The highest BCUT2D eigenvalue weighted by atomic mass is 127. The Morgan fingerprint density at radius 3 is 2.54 bits per heavy atom. The first-order chi connectivity index (χ1) is 13.2. The number of halogens is 1. The normalized spacial score (nSPS) is 15.0. The molecule has 1 aliphatic rings. The van der Waals surface area contributed by atoms with Gasteiger partial charge in [-0.05, 0) is 45.2 Å². The van der Waals surface area contributed by atoms with Crippen LogP contribution in [0.3, 0.4) is 0 Å². The molecule has 0 spiro atoms. The molecule has 0 bridgehead atoms. The van der Waals surface area contributed by atoms with Gasteiger partial charge in [0.05, 0.1) is 12.5 Å². The van der Waals surface area contributed by atoms with Gasteiger partial charge in [0.1, 0.15) is 0 Å². The summed E-state index contributed by atoms with van der Waals surface area (Å²) in [4.78, 5) is 21.2. The Morgan fingerprint density at radius 2 is 1.93 bits per heavy atom. The predicted molar refractivity (Wildman–Crippen MR) is 127 cm³/mol. The minimum Gasteiger partial charge on any atom is -0.466 e. The summed E-state index contributed by atoms with van der Waals surface area (Å²) in [6.07, 6.45) is 2.67. The van der Waals surface area contributed by atoms with E-state index in [0.29, 0.717) is 6.61 Å². The zero-order valence-corrected chi connectivity index (χ0v) is 19.7. The van der Waals surface area contributed by atoms with Crippen LogP contribution in [-0.4, -0.2) is 63.2 Å². The number of nitrogens with one attached hydrogen (secondary N) is 1. The highest BCUT2D eigenvalue weighted by Crippen LogP contribution is 2.19. The Balaban J connectivity index is 0.00000392. The summed E-state index contributed by atoms with van der Waals surface area (Å²) in [5.41, 5.74) is 1.23. The average Bonchev–Trinajstić information content (AvgIpc) is 2.71. The lowest BCUT2D eigenvalue weighted by Crippen LogP contribution is -2.46. The predicted octanol–water partition coefficient (Wildman–Crippen LogP) is 3.37. The highest BCUT2D eigenvalue weighted by molar-refractivity contribution is 14.0. The number of anilines is 1. The number of rotatable bonds is 8. The topological polar surface area (TPSA) is 57.2 Å². The Kier molecular flexibility index (Phi) is 11.9. The second-order valence-corrected chi connectivity index (χ2v) is 6.86. The van der Waals surface area contributed by atoms with Gasteiger partial charge in [-0.1, -0.05) is 18.2 Å². The van der Waals surface area contributed by atoms with Gasteiger partial charge in [0.2, 0.25) is 0 Å². The molecule has 1 aromatic rings. The SMILES string of the molecule is CCNC(=NCCCN(C)c1ccccc1)N1CCC(C(=O)OCC)CC1.I. The van der Waals surface area contributed by atoms with E-state index in [2.05, 4.69) is 53.4 Å². The molecule has 0 atom stereocenters. The molecule has 6 nitrogen and oxygen atoms in total. The molecule has 1 aromatic carbocycles. The van der Waals surface area contributed by atoms with Crippen molar-refractivity contribution in [1.29, 1.82) is 0 Å². The van der Waals surface area contributed by atoms with Crippen LogP contribution in [0.25, 0.3) is 0 Å². The fourth-order valence-corrected chi connectivity index (χ4v) is 3.32. The third-order valence-electron chi connectivity index (χ3n) is 4.86. The van der Waals surface area contributed by atoms with E-state index in [1.165, 1.54) is 5.69 Å². The molecule has 1 fully saturated rings. The first-order valence-corrected chi connectivity index (χ1v) is 10.1. The van der Waals surface area contributed by atoms with E-state index in [0.717, 1.165) is 57.9 Å². The van der Waals surface area contributed by atoms with Crippen molar-refractivity contribution in [1.82, 2.24) is 10.2 Å². The largest absolute Gasteiger partial charge is 0.466 e. The maximum atomic E-state index is 11.9. The third kappa shape index (κ3) is 7.85.